The van der Waals surface area contributed by atoms with Gasteiger partial charge in [-0.05, 0) is 24.1 Å². The summed E-state index contributed by atoms with van der Waals surface area (Å²) in [4.78, 5) is 0. The largest absolute Gasteiger partial charge is 0.392 e. The molecule has 0 saturated heterocycles. The molecule has 2 N–H and O–H groups in total. The van der Waals surface area contributed by atoms with E-state index < -0.39 is 0 Å². The summed E-state index contributed by atoms with van der Waals surface area (Å²) in [5, 5.41) is 12.1. The Morgan fingerprint density at radius 3 is 2.92 bits per heavy atom. The van der Waals surface area contributed by atoms with Crippen molar-refractivity contribution in [1.29, 1.82) is 0 Å². The van der Waals surface area contributed by atoms with E-state index in [2.05, 4.69) is 12.2 Å². The molecule has 1 aromatic rings. The number of aliphatic hydroxyl groups is 1. The summed E-state index contributed by atoms with van der Waals surface area (Å²) < 4.78 is 0. The lowest BCUT2D eigenvalue weighted by Crippen LogP contribution is -1.99. The van der Waals surface area contributed by atoms with Gasteiger partial charge < -0.3 is 10.4 Å². The van der Waals surface area contributed by atoms with Crippen LogP contribution >= 0.6 is 0 Å². The van der Waals surface area contributed by atoms with Gasteiger partial charge in [-0.3, -0.25) is 0 Å². The Labute approximate surface area is 73.2 Å². The fraction of sp³-hybridized carbons (Fsp3) is 0.400. The number of hydrogen-bond acceptors (Lipinski definition) is 2. The zero-order valence-electron chi connectivity index (χ0n) is 7.38. The molecule has 2 heteroatoms. The minimum atomic E-state index is 0.113. The van der Waals surface area contributed by atoms with Gasteiger partial charge in [0, 0.05) is 12.2 Å². The van der Waals surface area contributed by atoms with Gasteiger partial charge in [0.15, 0.2) is 0 Å². The van der Waals surface area contributed by atoms with Crippen LogP contribution in [0.5, 0.6) is 0 Å². The standard InChI is InChI=1S/C10H15NO/c1-2-6-11-10-5-3-4-9(7-10)8-12/h3-5,7,11-12H,2,6,8H2,1H3. The van der Waals surface area contributed by atoms with Crippen LogP contribution in [0.15, 0.2) is 24.3 Å². The molecule has 2 nitrogen and oxygen atoms in total. The van der Waals surface area contributed by atoms with Crippen molar-refractivity contribution in [3.63, 3.8) is 0 Å². The molecule has 0 fully saturated rings. The first-order valence-electron chi connectivity index (χ1n) is 4.30. The fourth-order valence-corrected chi connectivity index (χ4v) is 1.05. The Hall–Kier alpha value is -1.02. The van der Waals surface area contributed by atoms with Crippen molar-refractivity contribution in [3.8, 4) is 0 Å². The maximum atomic E-state index is 8.86. The van der Waals surface area contributed by atoms with Gasteiger partial charge in [-0.2, -0.15) is 0 Å². The summed E-state index contributed by atoms with van der Waals surface area (Å²) in [7, 11) is 0. The van der Waals surface area contributed by atoms with Gasteiger partial charge in [0.25, 0.3) is 0 Å². The molecule has 0 aliphatic rings. The number of hydrogen-bond donors (Lipinski definition) is 2. The van der Waals surface area contributed by atoms with Gasteiger partial charge in [0.2, 0.25) is 0 Å². The van der Waals surface area contributed by atoms with Gasteiger partial charge in [-0.15, -0.1) is 0 Å². The molecule has 0 radical (unpaired) electrons. The summed E-state index contributed by atoms with van der Waals surface area (Å²) in [5.74, 6) is 0. The Bertz CT molecular complexity index is 235. The molecule has 0 atom stereocenters. The van der Waals surface area contributed by atoms with E-state index in [0.29, 0.717) is 0 Å². The smallest absolute Gasteiger partial charge is 0.0682 e. The Kier molecular flexibility index (Phi) is 3.61. The third-order valence-corrected chi connectivity index (χ3v) is 1.69. The van der Waals surface area contributed by atoms with Gasteiger partial charge in [-0.25, -0.2) is 0 Å². The van der Waals surface area contributed by atoms with E-state index >= 15 is 0 Å². The zero-order valence-corrected chi connectivity index (χ0v) is 7.38. The maximum absolute atomic E-state index is 8.86. The van der Waals surface area contributed by atoms with Crippen molar-refractivity contribution in [2.75, 3.05) is 11.9 Å². The summed E-state index contributed by atoms with van der Waals surface area (Å²) in [5.41, 5.74) is 2.04. The lowest BCUT2D eigenvalue weighted by atomic mass is 10.2. The first-order valence-corrected chi connectivity index (χ1v) is 4.30. The van der Waals surface area contributed by atoms with Crippen molar-refractivity contribution in [2.45, 2.75) is 20.0 Å². The Morgan fingerprint density at radius 2 is 2.25 bits per heavy atom. The fourth-order valence-electron chi connectivity index (χ4n) is 1.05. The van der Waals surface area contributed by atoms with Gasteiger partial charge in [-0.1, -0.05) is 19.1 Å². The van der Waals surface area contributed by atoms with Gasteiger partial charge in [0.1, 0.15) is 0 Å². The number of benzene rings is 1. The minimum Gasteiger partial charge on any atom is -0.392 e. The molecule has 0 aliphatic carbocycles. The molecule has 12 heavy (non-hydrogen) atoms. The second-order valence-corrected chi connectivity index (χ2v) is 2.79. The summed E-state index contributed by atoms with van der Waals surface area (Å²) in [6, 6.07) is 7.84. The van der Waals surface area contributed by atoms with Crippen molar-refractivity contribution in [1.82, 2.24) is 0 Å². The molecule has 0 saturated carbocycles. The predicted octanol–water partition coefficient (Wildman–Crippen LogP) is 2.00. The molecule has 0 aliphatic heterocycles. The third-order valence-electron chi connectivity index (χ3n) is 1.69. The normalized spacial score (nSPS) is 9.83. The molecule has 0 aromatic heterocycles. The van der Waals surface area contributed by atoms with Crippen LogP contribution in [-0.4, -0.2) is 11.7 Å². The van der Waals surface area contributed by atoms with Crippen molar-refractivity contribution < 1.29 is 5.11 Å². The Morgan fingerprint density at radius 1 is 1.42 bits per heavy atom. The highest BCUT2D eigenvalue weighted by molar-refractivity contribution is 5.45. The number of nitrogens with one attached hydrogen (secondary N) is 1. The van der Waals surface area contributed by atoms with E-state index in [1.54, 1.807) is 0 Å². The molecule has 0 bridgehead atoms. The summed E-state index contributed by atoms with van der Waals surface area (Å²) in [6.45, 7) is 3.22. The molecular formula is C10H15NO. The van der Waals surface area contributed by atoms with Gasteiger partial charge in [0.05, 0.1) is 6.61 Å². The van der Waals surface area contributed by atoms with Crippen LogP contribution in [0.4, 0.5) is 5.69 Å². The molecule has 1 aromatic carbocycles. The second kappa shape index (κ2) is 4.78. The molecule has 0 spiro atoms. The Balaban J connectivity index is 2.60. The van der Waals surface area contributed by atoms with E-state index in [9.17, 15) is 0 Å². The summed E-state index contributed by atoms with van der Waals surface area (Å²) in [6.07, 6.45) is 1.11. The van der Waals surface area contributed by atoms with Crippen LogP contribution in [0.1, 0.15) is 18.9 Å². The van der Waals surface area contributed by atoms with Gasteiger partial charge >= 0.3 is 0 Å². The minimum absolute atomic E-state index is 0.113. The van der Waals surface area contributed by atoms with Crippen LogP contribution in [0.2, 0.25) is 0 Å². The second-order valence-electron chi connectivity index (χ2n) is 2.79. The van der Waals surface area contributed by atoms with Crippen LogP contribution in [0.25, 0.3) is 0 Å². The lowest BCUT2D eigenvalue weighted by molar-refractivity contribution is 0.282. The van der Waals surface area contributed by atoms with Crippen molar-refractivity contribution >= 4 is 5.69 Å². The topological polar surface area (TPSA) is 32.3 Å². The van der Waals surface area contributed by atoms with Crippen LogP contribution in [0, 0.1) is 0 Å². The SMILES string of the molecule is CCCNc1cccc(CO)c1. The van der Waals surface area contributed by atoms with E-state index in [0.717, 1.165) is 24.2 Å². The predicted molar refractivity (Wildman–Crippen MR) is 51.1 cm³/mol. The van der Waals surface area contributed by atoms with E-state index in [4.69, 9.17) is 5.11 Å². The van der Waals surface area contributed by atoms with E-state index in [-0.39, 0.29) is 6.61 Å². The molecule has 0 amide bonds. The van der Waals surface area contributed by atoms with Crippen LogP contribution in [-0.2, 0) is 6.61 Å². The molecule has 0 heterocycles. The third kappa shape index (κ3) is 2.55. The van der Waals surface area contributed by atoms with Crippen molar-refractivity contribution in [2.24, 2.45) is 0 Å². The average molecular weight is 165 g/mol. The molecule has 0 unspecified atom stereocenters. The molecule has 66 valence electrons. The van der Waals surface area contributed by atoms with Crippen molar-refractivity contribution in [3.05, 3.63) is 29.8 Å². The lowest BCUT2D eigenvalue weighted by Gasteiger charge is -2.05. The molecule has 1 rings (SSSR count). The number of aliphatic hydroxyl groups excluding tert-OH is 1. The molecular weight excluding hydrogens is 150 g/mol. The van der Waals surface area contributed by atoms with E-state index in [1.807, 2.05) is 24.3 Å². The highest BCUT2D eigenvalue weighted by atomic mass is 16.3. The average Bonchev–Trinajstić information content (AvgIpc) is 2.15. The highest BCUT2D eigenvalue weighted by Crippen LogP contribution is 2.09. The highest BCUT2D eigenvalue weighted by Gasteiger charge is 1.92. The number of anilines is 1. The summed E-state index contributed by atoms with van der Waals surface area (Å²) >= 11 is 0. The van der Waals surface area contributed by atoms with Crippen LogP contribution in [0.3, 0.4) is 0 Å². The van der Waals surface area contributed by atoms with Crippen LogP contribution < -0.4 is 5.32 Å². The number of rotatable bonds is 4. The van der Waals surface area contributed by atoms with E-state index in [1.165, 1.54) is 0 Å². The maximum Gasteiger partial charge on any atom is 0.0682 e. The zero-order chi connectivity index (χ0) is 8.81. The monoisotopic (exact) mass is 165 g/mol. The quantitative estimate of drug-likeness (QED) is 0.715. The first kappa shape index (κ1) is 9.07. The first-order chi connectivity index (χ1) is 5.86.